The van der Waals surface area contributed by atoms with Gasteiger partial charge in [-0.05, 0) is 41.3 Å². The minimum absolute atomic E-state index is 0.0429. The Balaban J connectivity index is 1.50. The Bertz CT molecular complexity index is 628. The zero-order valence-corrected chi connectivity index (χ0v) is 14.0. The van der Waals surface area contributed by atoms with Crippen molar-refractivity contribution >= 4 is 17.7 Å². The molecule has 7 nitrogen and oxygen atoms in total. The van der Waals surface area contributed by atoms with Gasteiger partial charge in [0.25, 0.3) is 0 Å². The molecule has 1 aliphatic rings. The van der Waals surface area contributed by atoms with Crippen molar-refractivity contribution in [3.8, 4) is 0 Å². The van der Waals surface area contributed by atoms with Crippen LogP contribution in [0.1, 0.15) is 38.4 Å². The first-order valence-electron chi connectivity index (χ1n) is 7.93. The molecule has 0 radical (unpaired) electrons. The van der Waals surface area contributed by atoms with E-state index in [1.807, 2.05) is 12.1 Å². The van der Waals surface area contributed by atoms with E-state index in [9.17, 15) is 4.79 Å². The van der Waals surface area contributed by atoms with Gasteiger partial charge in [0.1, 0.15) is 12.3 Å². The zero-order chi connectivity index (χ0) is 16.1. The Labute approximate surface area is 139 Å². The zero-order valence-electron chi connectivity index (χ0n) is 13.1. The number of nitrogens with zero attached hydrogens (tertiary/aromatic N) is 4. The fourth-order valence-electron chi connectivity index (χ4n) is 2.86. The van der Waals surface area contributed by atoms with Crippen molar-refractivity contribution in [3.63, 3.8) is 0 Å². The molecule has 3 rings (SSSR count). The first-order valence-corrected chi connectivity index (χ1v) is 8.91. The Hall–Kier alpha value is -1.83. The Morgan fingerprint density at radius 3 is 3.13 bits per heavy atom. The third-order valence-electron chi connectivity index (χ3n) is 4.17. The summed E-state index contributed by atoms with van der Waals surface area (Å²) in [7, 11) is 0. The maximum Gasteiger partial charge on any atom is 0.230 e. The van der Waals surface area contributed by atoms with Gasteiger partial charge in [0, 0.05) is 6.04 Å². The monoisotopic (exact) mass is 335 g/mol. The second-order valence-electron chi connectivity index (χ2n) is 5.92. The van der Waals surface area contributed by atoms with Crippen LogP contribution >= 0.6 is 11.8 Å². The lowest BCUT2D eigenvalue weighted by Gasteiger charge is -2.29. The van der Waals surface area contributed by atoms with Crippen LogP contribution in [0.3, 0.4) is 0 Å². The van der Waals surface area contributed by atoms with Crippen LogP contribution in [0, 0.1) is 5.92 Å². The van der Waals surface area contributed by atoms with Crippen molar-refractivity contribution in [3.05, 3.63) is 24.2 Å². The van der Waals surface area contributed by atoms with Crippen LogP contribution < -0.4 is 5.32 Å². The Morgan fingerprint density at radius 2 is 2.35 bits per heavy atom. The van der Waals surface area contributed by atoms with Crippen LogP contribution in [-0.2, 0) is 11.3 Å². The molecule has 0 saturated heterocycles. The summed E-state index contributed by atoms with van der Waals surface area (Å²) >= 11 is 1.35. The largest absolute Gasteiger partial charge is 0.467 e. The van der Waals surface area contributed by atoms with E-state index in [1.54, 1.807) is 10.9 Å². The predicted octanol–water partition coefficient (Wildman–Crippen LogP) is 2.10. The molecule has 23 heavy (non-hydrogen) atoms. The molecule has 1 N–H and O–H groups in total. The van der Waals surface area contributed by atoms with Crippen LogP contribution in [0.2, 0.25) is 0 Å². The third kappa shape index (κ3) is 4.34. The fourth-order valence-corrected chi connectivity index (χ4v) is 3.55. The number of rotatable bonds is 6. The van der Waals surface area contributed by atoms with Crippen molar-refractivity contribution in [2.75, 3.05) is 5.75 Å². The highest BCUT2D eigenvalue weighted by molar-refractivity contribution is 7.99. The van der Waals surface area contributed by atoms with Crippen LogP contribution in [0.25, 0.3) is 0 Å². The van der Waals surface area contributed by atoms with E-state index in [2.05, 4.69) is 27.8 Å². The second kappa shape index (κ2) is 7.63. The molecule has 124 valence electrons. The fraction of sp³-hybridized carbons (Fsp3) is 0.600. The van der Waals surface area contributed by atoms with Gasteiger partial charge in [-0.15, -0.1) is 5.10 Å². The summed E-state index contributed by atoms with van der Waals surface area (Å²) in [6.07, 6.45) is 6.35. The third-order valence-corrected chi connectivity index (χ3v) is 5.13. The quantitative estimate of drug-likeness (QED) is 0.814. The van der Waals surface area contributed by atoms with Crippen molar-refractivity contribution in [1.29, 1.82) is 0 Å². The Morgan fingerprint density at radius 1 is 1.48 bits per heavy atom. The first-order chi connectivity index (χ1) is 11.2. The van der Waals surface area contributed by atoms with Gasteiger partial charge in [-0.25, -0.2) is 4.68 Å². The molecule has 1 amide bonds. The van der Waals surface area contributed by atoms with E-state index >= 15 is 0 Å². The van der Waals surface area contributed by atoms with Crippen LogP contribution in [0.5, 0.6) is 0 Å². The lowest BCUT2D eigenvalue weighted by molar-refractivity contribution is -0.119. The average molecular weight is 335 g/mol. The maximum absolute atomic E-state index is 12.2. The molecule has 2 aromatic rings. The standard InChI is InChI=1S/C15H21N5O2S/c1-11-5-2-3-7-13(11)16-14(21)10-23-15-17-18-19-20(15)9-12-6-4-8-22-12/h4,6,8,11,13H,2-3,5,7,9-10H2,1H3,(H,16,21). The summed E-state index contributed by atoms with van der Waals surface area (Å²) in [5, 5.41) is 15.3. The van der Waals surface area contributed by atoms with E-state index in [0.29, 0.717) is 29.4 Å². The number of carbonyl (C=O) groups excluding carboxylic acids is 1. The number of hydrogen-bond donors (Lipinski definition) is 1. The first kappa shape index (κ1) is 16.0. The summed E-state index contributed by atoms with van der Waals surface area (Å²) in [5.41, 5.74) is 0. The number of tetrazole rings is 1. The highest BCUT2D eigenvalue weighted by Gasteiger charge is 2.23. The highest BCUT2D eigenvalue weighted by atomic mass is 32.2. The van der Waals surface area contributed by atoms with E-state index in [1.165, 1.54) is 31.0 Å². The molecule has 0 aliphatic heterocycles. The van der Waals surface area contributed by atoms with Gasteiger partial charge in [0.2, 0.25) is 11.1 Å². The average Bonchev–Trinajstić information content (AvgIpc) is 3.20. The van der Waals surface area contributed by atoms with Gasteiger partial charge in [0.05, 0.1) is 12.0 Å². The minimum Gasteiger partial charge on any atom is -0.467 e. The summed E-state index contributed by atoms with van der Waals surface area (Å²) < 4.78 is 6.93. The molecule has 0 spiro atoms. The molecule has 1 saturated carbocycles. The molecule has 8 heteroatoms. The molecule has 1 fully saturated rings. The lowest BCUT2D eigenvalue weighted by Crippen LogP contribution is -2.41. The molecular formula is C15H21N5O2S. The highest BCUT2D eigenvalue weighted by Crippen LogP contribution is 2.24. The van der Waals surface area contributed by atoms with Gasteiger partial charge in [-0.1, -0.05) is 31.5 Å². The summed E-state index contributed by atoms with van der Waals surface area (Å²) in [6, 6.07) is 3.99. The smallest absolute Gasteiger partial charge is 0.230 e. The molecule has 0 aromatic carbocycles. The predicted molar refractivity (Wildman–Crippen MR) is 85.9 cm³/mol. The van der Waals surface area contributed by atoms with E-state index in [-0.39, 0.29) is 5.91 Å². The van der Waals surface area contributed by atoms with Crippen molar-refractivity contribution in [2.24, 2.45) is 5.92 Å². The molecule has 2 aromatic heterocycles. The second-order valence-corrected chi connectivity index (χ2v) is 6.87. The number of carbonyl (C=O) groups is 1. The van der Waals surface area contributed by atoms with Crippen molar-refractivity contribution in [1.82, 2.24) is 25.5 Å². The SMILES string of the molecule is CC1CCCCC1NC(=O)CSc1nnnn1Cc1ccco1. The van der Waals surface area contributed by atoms with Crippen LogP contribution in [0.15, 0.2) is 28.0 Å². The number of nitrogens with one attached hydrogen (secondary N) is 1. The topological polar surface area (TPSA) is 85.8 Å². The summed E-state index contributed by atoms with van der Waals surface area (Å²) in [6.45, 7) is 2.67. The number of amides is 1. The Kier molecular flexibility index (Phi) is 5.32. The van der Waals surface area contributed by atoms with Crippen LogP contribution in [0.4, 0.5) is 0 Å². The molecule has 2 atom stereocenters. The molecule has 2 heterocycles. The van der Waals surface area contributed by atoms with E-state index < -0.39 is 0 Å². The lowest BCUT2D eigenvalue weighted by atomic mass is 9.86. The summed E-state index contributed by atoms with van der Waals surface area (Å²) in [4.78, 5) is 12.2. The van der Waals surface area contributed by atoms with Gasteiger partial charge < -0.3 is 9.73 Å². The van der Waals surface area contributed by atoms with Gasteiger partial charge in [0.15, 0.2) is 0 Å². The maximum atomic E-state index is 12.2. The number of aromatic nitrogens is 4. The molecule has 2 unspecified atom stereocenters. The molecular weight excluding hydrogens is 314 g/mol. The van der Waals surface area contributed by atoms with Gasteiger partial charge in [-0.2, -0.15) is 0 Å². The summed E-state index contributed by atoms with van der Waals surface area (Å²) in [5.74, 6) is 1.70. The molecule has 0 bridgehead atoms. The number of hydrogen-bond acceptors (Lipinski definition) is 6. The molecule has 1 aliphatic carbocycles. The van der Waals surface area contributed by atoms with Crippen molar-refractivity contribution < 1.29 is 9.21 Å². The van der Waals surface area contributed by atoms with Crippen molar-refractivity contribution in [2.45, 2.75) is 50.4 Å². The minimum atomic E-state index is 0.0429. The number of thioether (sulfide) groups is 1. The van der Waals surface area contributed by atoms with Gasteiger partial charge >= 0.3 is 0 Å². The van der Waals surface area contributed by atoms with Gasteiger partial charge in [-0.3, -0.25) is 4.79 Å². The van der Waals surface area contributed by atoms with E-state index in [4.69, 9.17) is 4.42 Å². The van der Waals surface area contributed by atoms with E-state index in [0.717, 1.165) is 12.2 Å². The number of furan rings is 1. The van der Waals surface area contributed by atoms with Crippen LogP contribution in [-0.4, -0.2) is 37.9 Å². The normalized spacial score (nSPS) is 21.3.